The Morgan fingerprint density at radius 3 is 2.65 bits per heavy atom. The van der Waals surface area contributed by atoms with Crippen LogP contribution in [0.3, 0.4) is 0 Å². The van der Waals surface area contributed by atoms with Crippen molar-refractivity contribution >= 4 is 5.96 Å². The van der Waals surface area contributed by atoms with Crippen LogP contribution in [0.25, 0.3) is 0 Å². The van der Waals surface area contributed by atoms with Crippen molar-refractivity contribution in [3.63, 3.8) is 0 Å². The van der Waals surface area contributed by atoms with Gasteiger partial charge in [0.25, 0.3) is 0 Å². The number of rotatable bonds is 2. The van der Waals surface area contributed by atoms with Crippen molar-refractivity contribution in [2.24, 2.45) is 22.0 Å². The number of aryl methyl sites for hydroxylation is 1. The van der Waals surface area contributed by atoms with E-state index in [2.05, 4.69) is 18.1 Å². The van der Waals surface area contributed by atoms with Crippen molar-refractivity contribution in [3.05, 3.63) is 29.3 Å². The van der Waals surface area contributed by atoms with E-state index in [1.807, 2.05) is 30.9 Å². The van der Waals surface area contributed by atoms with Crippen LogP contribution in [0.15, 0.2) is 23.3 Å². The van der Waals surface area contributed by atoms with E-state index >= 15 is 0 Å². The molecule has 126 valence electrons. The molecular formula is C16H25N5O2. The molecule has 0 radical (unpaired) electrons. The van der Waals surface area contributed by atoms with E-state index in [0.717, 1.165) is 17.5 Å². The lowest BCUT2D eigenvalue weighted by Gasteiger charge is -2.48. The molecule has 1 aromatic carbocycles. The molecule has 2 aliphatic heterocycles. The van der Waals surface area contributed by atoms with E-state index in [-0.39, 0.29) is 6.04 Å². The Kier molecular flexibility index (Phi) is 3.65. The second kappa shape index (κ2) is 5.28. The Morgan fingerprint density at radius 2 is 2.09 bits per heavy atom. The zero-order valence-electron chi connectivity index (χ0n) is 14.0. The van der Waals surface area contributed by atoms with Gasteiger partial charge in [-0.15, -0.1) is 5.10 Å². The molecule has 3 unspecified atom stereocenters. The number of hydrogen-bond acceptors (Lipinski definition) is 7. The summed E-state index contributed by atoms with van der Waals surface area (Å²) in [5.41, 5.74) is 13.9. The molecule has 5 N–H and O–H groups in total. The maximum atomic E-state index is 10.5. The van der Waals surface area contributed by atoms with Crippen LogP contribution in [-0.4, -0.2) is 40.6 Å². The fraction of sp³-hybridized carbons (Fsp3) is 0.562. The topological polar surface area (TPSA) is 100 Å². The van der Waals surface area contributed by atoms with E-state index in [9.17, 15) is 5.11 Å². The normalized spacial score (nSPS) is 29.1. The van der Waals surface area contributed by atoms with Gasteiger partial charge in [0.05, 0.1) is 11.5 Å². The summed E-state index contributed by atoms with van der Waals surface area (Å²) >= 11 is 0. The minimum atomic E-state index is -0.960. The van der Waals surface area contributed by atoms with Crippen LogP contribution in [0.1, 0.15) is 37.9 Å². The Labute approximate surface area is 136 Å². The summed E-state index contributed by atoms with van der Waals surface area (Å²) in [5.74, 6) is 1.02. The molecule has 0 aliphatic carbocycles. The van der Waals surface area contributed by atoms with E-state index in [1.54, 1.807) is 12.1 Å². The third-order valence-electron chi connectivity index (χ3n) is 4.83. The van der Waals surface area contributed by atoms with Gasteiger partial charge in [-0.05, 0) is 18.1 Å². The second-order valence-corrected chi connectivity index (χ2v) is 6.77. The number of aliphatic hydroxyl groups excluding tert-OH is 1. The summed E-state index contributed by atoms with van der Waals surface area (Å²) in [5, 5.41) is 16.4. The first kappa shape index (κ1) is 15.9. The lowest BCUT2D eigenvalue weighted by Crippen LogP contribution is -2.58. The van der Waals surface area contributed by atoms with Crippen molar-refractivity contribution in [3.8, 4) is 5.75 Å². The van der Waals surface area contributed by atoms with Gasteiger partial charge in [-0.1, -0.05) is 32.9 Å². The third kappa shape index (κ3) is 2.31. The number of guanidine groups is 1. The summed E-state index contributed by atoms with van der Waals surface area (Å²) < 4.78 is 5.77. The fourth-order valence-corrected chi connectivity index (χ4v) is 3.32. The van der Waals surface area contributed by atoms with Crippen molar-refractivity contribution < 1.29 is 9.84 Å². The van der Waals surface area contributed by atoms with Crippen LogP contribution in [0.4, 0.5) is 0 Å². The smallest absolute Gasteiger partial charge is 0.217 e. The maximum Gasteiger partial charge on any atom is 0.217 e. The predicted molar refractivity (Wildman–Crippen MR) is 88.2 cm³/mol. The average molecular weight is 319 g/mol. The zero-order valence-corrected chi connectivity index (χ0v) is 14.0. The lowest BCUT2D eigenvalue weighted by atomic mass is 9.76. The Bertz CT molecular complexity index is 645. The highest BCUT2D eigenvalue weighted by molar-refractivity contribution is 5.80. The van der Waals surface area contributed by atoms with E-state index in [1.165, 1.54) is 0 Å². The van der Waals surface area contributed by atoms with E-state index < -0.39 is 18.0 Å². The van der Waals surface area contributed by atoms with Crippen LogP contribution >= 0.6 is 0 Å². The highest BCUT2D eigenvalue weighted by Crippen LogP contribution is 2.50. The van der Waals surface area contributed by atoms with Crippen LogP contribution in [0, 0.1) is 5.41 Å². The number of hydrazone groups is 1. The minimum Gasteiger partial charge on any atom is -0.464 e. The van der Waals surface area contributed by atoms with Crippen molar-refractivity contribution in [1.29, 1.82) is 0 Å². The molecule has 1 aromatic rings. The van der Waals surface area contributed by atoms with Crippen LogP contribution in [-0.2, 0) is 6.42 Å². The molecule has 0 bridgehead atoms. The van der Waals surface area contributed by atoms with Gasteiger partial charge in [-0.3, -0.25) is 15.6 Å². The molecule has 0 saturated heterocycles. The van der Waals surface area contributed by atoms with E-state index in [4.69, 9.17) is 16.2 Å². The van der Waals surface area contributed by atoms with Gasteiger partial charge in [-0.2, -0.15) is 0 Å². The number of hydrogen-bond donors (Lipinski definition) is 3. The minimum absolute atomic E-state index is 0.240. The van der Waals surface area contributed by atoms with Gasteiger partial charge >= 0.3 is 0 Å². The van der Waals surface area contributed by atoms with Crippen LogP contribution in [0.5, 0.6) is 5.75 Å². The highest BCUT2D eigenvalue weighted by atomic mass is 16.6. The fourth-order valence-electron chi connectivity index (χ4n) is 3.32. The monoisotopic (exact) mass is 319 g/mol. The molecule has 23 heavy (non-hydrogen) atoms. The Hall–Kier alpha value is -1.99. The van der Waals surface area contributed by atoms with Gasteiger partial charge in [0.15, 0.2) is 6.29 Å². The van der Waals surface area contributed by atoms with Crippen molar-refractivity contribution in [2.45, 2.75) is 45.8 Å². The largest absolute Gasteiger partial charge is 0.464 e. The third-order valence-corrected chi connectivity index (χ3v) is 4.83. The van der Waals surface area contributed by atoms with Gasteiger partial charge in [0.1, 0.15) is 5.75 Å². The Morgan fingerprint density at radius 1 is 1.39 bits per heavy atom. The van der Waals surface area contributed by atoms with Crippen LogP contribution in [0.2, 0.25) is 0 Å². The number of nitrogens with two attached hydrogens (primary N) is 2. The molecule has 0 saturated carbocycles. The summed E-state index contributed by atoms with van der Waals surface area (Å²) in [7, 11) is 1.78. The summed E-state index contributed by atoms with van der Waals surface area (Å²) in [6, 6.07) is 5.84. The number of benzene rings is 1. The number of ether oxygens (including phenoxy) is 1. The Balaban J connectivity index is 2.12. The quantitative estimate of drug-likeness (QED) is 0.743. The second-order valence-electron chi connectivity index (χ2n) is 6.77. The maximum absolute atomic E-state index is 10.5. The molecule has 0 aromatic heterocycles. The summed E-state index contributed by atoms with van der Waals surface area (Å²) in [6.45, 7) is 5.97. The zero-order chi connectivity index (χ0) is 16.9. The molecule has 2 aliphatic rings. The average Bonchev–Trinajstić information content (AvgIpc) is 2.74. The first-order valence-electron chi connectivity index (χ1n) is 7.85. The molecule has 2 heterocycles. The van der Waals surface area contributed by atoms with Gasteiger partial charge < -0.3 is 15.6 Å². The molecule has 7 nitrogen and oxygen atoms in total. The molecule has 0 amide bonds. The van der Waals surface area contributed by atoms with Crippen molar-refractivity contribution in [1.82, 2.24) is 9.91 Å². The molecule has 0 fully saturated rings. The first-order chi connectivity index (χ1) is 10.8. The SMILES string of the molecule is CCc1ccc2c(c1)OC(O)C(C)(C)C2N1C(N)=NN(C)C1N. The standard InChI is InChI=1S/C16H25N5O2/c1-5-9-6-7-10-11(8-9)23-13(22)16(2,3)12(10)21-14(17)19-20(4)15(21)18/h6-8,12-13,15,22H,5,18H2,1-4H3,(H2,17,19). The molecule has 0 spiro atoms. The molecular weight excluding hydrogens is 294 g/mol. The number of fused-ring (bicyclic) bond motifs is 1. The van der Waals surface area contributed by atoms with E-state index in [0.29, 0.717) is 11.7 Å². The van der Waals surface area contributed by atoms with Crippen molar-refractivity contribution in [2.75, 3.05) is 7.05 Å². The molecule has 3 atom stereocenters. The van der Waals surface area contributed by atoms with Gasteiger partial charge in [-0.25, -0.2) is 0 Å². The number of aliphatic hydroxyl groups is 1. The first-order valence-corrected chi connectivity index (χ1v) is 7.85. The summed E-state index contributed by atoms with van der Waals surface area (Å²) in [4.78, 5) is 1.84. The lowest BCUT2D eigenvalue weighted by molar-refractivity contribution is -0.147. The van der Waals surface area contributed by atoms with Gasteiger partial charge in [0, 0.05) is 12.6 Å². The molecule has 3 rings (SSSR count). The summed E-state index contributed by atoms with van der Waals surface area (Å²) in [6.07, 6.45) is -0.544. The number of nitrogens with zero attached hydrogens (tertiary/aromatic N) is 3. The predicted octanol–water partition coefficient (Wildman–Crippen LogP) is 0.747. The highest BCUT2D eigenvalue weighted by Gasteiger charge is 2.50. The van der Waals surface area contributed by atoms with Crippen LogP contribution < -0.4 is 16.2 Å². The van der Waals surface area contributed by atoms with Gasteiger partial charge in [0.2, 0.25) is 12.2 Å². The molecule has 7 heteroatoms.